The predicted octanol–water partition coefficient (Wildman–Crippen LogP) is 0.257. The van der Waals surface area contributed by atoms with Gasteiger partial charge in [0, 0.05) is 11.6 Å². The van der Waals surface area contributed by atoms with E-state index in [9.17, 15) is 9.90 Å². The van der Waals surface area contributed by atoms with E-state index in [-0.39, 0.29) is 6.04 Å². The minimum absolute atomic E-state index is 0.234. The van der Waals surface area contributed by atoms with E-state index in [1.807, 2.05) is 13.0 Å². The van der Waals surface area contributed by atoms with Gasteiger partial charge in [-0.25, -0.2) is 0 Å². The van der Waals surface area contributed by atoms with Crippen molar-refractivity contribution in [1.82, 2.24) is 5.32 Å². The second-order valence-corrected chi connectivity index (χ2v) is 3.59. The van der Waals surface area contributed by atoms with Crippen LogP contribution < -0.4 is 10.4 Å². The van der Waals surface area contributed by atoms with Crippen molar-refractivity contribution in [2.75, 3.05) is 6.54 Å². The van der Waals surface area contributed by atoms with Crippen LogP contribution in [-0.4, -0.2) is 12.5 Å². The van der Waals surface area contributed by atoms with Crippen molar-refractivity contribution in [3.05, 3.63) is 34.9 Å². The molecule has 0 aliphatic carbocycles. The fraction of sp³-hybridized carbons (Fsp3) is 0.364. The summed E-state index contributed by atoms with van der Waals surface area (Å²) in [6.07, 6.45) is 0.768. The van der Waals surface area contributed by atoms with Gasteiger partial charge < -0.3 is 15.2 Å². The van der Waals surface area contributed by atoms with E-state index in [0.717, 1.165) is 24.1 Å². The van der Waals surface area contributed by atoms with E-state index in [2.05, 4.69) is 5.32 Å². The highest BCUT2D eigenvalue weighted by atomic mass is 16.4. The van der Waals surface area contributed by atoms with Crippen molar-refractivity contribution in [3.63, 3.8) is 0 Å². The third-order valence-electron chi connectivity index (χ3n) is 2.72. The van der Waals surface area contributed by atoms with E-state index >= 15 is 0 Å². The zero-order chi connectivity index (χ0) is 10.1. The average molecular weight is 190 g/mol. The SMILES string of the molecule is CC1NCCc2c(C(=O)[O-])cccc21. The molecule has 74 valence electrons. The van der Waals surface area contributed by atoms with E-state index in [0.29, 0.717) is 5.56 Å². The van der Waals surface area contributed by atoms with Gasteiger partial charge in [-0.3, -0.25) is 0 Å². The van der Waals surface area contributed by atoms with Crippen LogP contribution in [0.15, 0.2) is 18.2 Å². The molecule has 0 radical (unpaired) electrons. The summed E-state index contributed by atoms with van der Waals surface area (Å²) in [5, 5.41) is 14.1. The van der Waals surface area contributed by atoms with Crippen LogP contribution in [0.4, 0.5) is 0 Å². The van der Waals surface area contributed by atoms with E-state index < -0.39 is 5.97 Å². The summed E-state index contributed by atoms with van der Waals surface area (Å²) < 4.78 is 0. The Morgan fingerprint density at radius 2 is 2.36 bits per heavy atom. The quantitative estimate of drug-likeness (QED) is 0.691. The lowest BCUT2D eigenvalue weighted by atomic mass is 9.91. The van der Waals surface area contributed by atoms with Crippen LogP contribution in [0.2, 0.25) is 0 Å². The van der Waals surface area contributed by atoms with Crippen LogP contribution in [-0.2, 0) is 6.42 Å². The molecule has 2 rings (SSSR count). The molecule has 1 aliphatic heterocycles. The largest absolute Gasteiger partial charge is 0.545 e. The Balaban J connectivity index is 2.55. The predicted molar refractivity (Wildman–Crippen MR) is 50.9 cm³/mol. The summed E-state index contributed by atoms with van der Waals surface area (Å²) in [5.74, 6) is -1.07. The van der Waals surface area contributed by atoms with Crippen LogP contribution in [0.3, 0.4) is 0 Å². The molecule has 0 bridgehead atoms. The highest BCUT2D eigenvalue weighted by Crippen LogP contribution is 2.24. The number of carboxylic acids is 1. The van der Waals surface area contributed by atoms with Gasteiger partial charge >= 0.3 is 0 Å². The second-order valence-electron chi connectivity index (χ2n) is 3.59. The molecule has 14 heavy (non-hydrogen) atoms. The molecule has 0 fully saturated rings. The van der Waals surface area contributed by atoms with E-state index in [1.165, 1.54) is 0 Å². The molecule has 0 amide bonds. The van der Waals surface area contributed by atoms with Crippen molar-refractivity contribution in [1.29, 1.82) is 0 Å². The number of carboxylic acid groups (broad SMARTS) is 1. The molecule has 0 spiro atoms. The molecule has 1 unspecified atom stereocenters. The van der Waals surface area contributed by atoms with Gasteiger partial charge in [0.05, 0.1) is 5.97 Å². The number of aromatic carboxylic acids is 1. The second kappa shape index (κ2) is 3.42. The number of carbonyl (C=O) groups is 1. The Labute approximate surface area is 82.8 Å². The summed E-state index contributed by atoms with van der Waals surface area (Å²) in [6.45, 7) is 2.87. The first-order valence-corrected chi connectivity index (χ1v) is 4.76. The Hall–Kier alpha value is -1.35. The van der Waals surface area contributed by atoms with Gasteiger partial charge in [-0.15, -0.1) is 0 Å². The van der Waals surface area contributed by atoms with Crippen molar-refractivity contribution in [3.8, 4) is 0 Å². The normalized spacial score (nSPS) is 20.2. The van der Waals surface area contributed by atoms with Gasteiger partial charge in [0.15, 0.2) is 0 Å². The first kappa shape index (κ1) is 9.21. The molecule has 0 saturated heterocycles. The van der Waals surface area contributed by atoms with Gasteiger partial charge in [0.25, 0.3) is 0 Å². The highest BCUT2D eigenvalue weighted by molar-refractivity contribution is 5.88. The molecular weight excluding hydrogens is 178 g/mol. The van der Waals surface area contributed by atoms with Crippen LogP contribution in [0.25, 0.3) is 0 Å². The minimum Gasteiger partial charge on any atom is -0.545 e. The minimum atomic E-state index is -1.07. The first-order chi connectivity index (χ1) is 6.70. The van der Waals surface area contributed by atoms with Crippen LogP contribution >= 0.6 is 0 Å². The van der Waals surface area contributed by atoms with Crippen LogP contribution in [0, 0.1) is 0 Å². The molecular formula is C11H12NO2-. The molecule has 0 saturated carbocycles. The average Bonchev–Trinajstić information content (AvgIpc) is 2.17. The lowest BCUT2D eigenvalue weighted by Crippen LogP contribution is -2.31. The highest BCUT2D eigenvalue weighted by Gasteiger charge is 2.17. The van der Waals surface area contributed by atoms with Crippen molar-refractivity contribution < 1.29 is 9.90 Å². The van der Waals surface area contributed by atoms with Gasteiger partial charge in [-0.1, -0.05) is 18.2 Å². The molecule has 1 aromatic rings. The van der Waals surface area contributed by atoms with Gasteiger partial charge in [0.1, 0.15) is 0 Å². The van der Waals surface area contributed by atoms with Crippen molar-refractivity contribution in [2.24, 2.45) is 0 Å². The fourth-order valence-electron chi connectivity index (χ4n) is 2.00. The Morgan fingerprint density at radius 1 is 1.57 bits per heavy atom. The summed E-state index contributed by atoms with van der Waals surface area (Å²) in [5.41, 5.74) is 2.35. The van der Waals surface area contributed by atoms with E-state index in [4.69, 9.17) is 0 Å². The number of nitrogens with one attached hydrogen (secondary N) is 1. The van der Waals surface area contributed by atoms with Gasteiger partial charge in [-0.2, -0.15) is 0 Å². The van der Waals surface area contributed by atoms with Crippen LogP contribution in [0.1, 0.15) is 34.5 Å². The maximum Gasteiger partial charge on any atom is 0.0718 e. The standard InChI is InChI=1S/C11H13NO2/c1-7-8-3-2-4-10(11(13)14)9(8)5-6-12-7/h2-4,7,12H,5-6H2,1H3,(H,13,14)/p-1. The third-order valence-corrected chi connectivity index (χ3v) is 2.72. The summed E-state index contributed by atoms with van der Waals surface area (Å²) in [7, 11) is 0. The molecule has 1 aromatic carbocycles. The number of hydrogen-bond acceptors (Lipinski definition) is 3. The smallest absolute Gasteiger partial charge is 0.0718 e. The third kappa shape index (κ3) is 1.40. The number of hydrogen-bond donors (Lipinski definition) is 1. The summed E-state index contributed by atoms with van der Waals surface area (Å²) in [4.78, 5) is 10.8. The Bertz CT molecular complexity index is 374. The van der Waals surface area contributed by atoms with Gasteiger partial charge in [-0.05, 0) is 31.0 Å². The summed E-state index contributed by atoms with van der Waals surface area (Å²) in [6, 6.07) is 5.59. The lowest BCUT2D eigenvalue weighted by Gasteiger charge is -2.26. The van der Waals surface area contributed by atoms with Crippen LogP contribution in [0.5, 0.6) is 0 Å². The fourth-order valence-corrected chi connectivity index (χ4v) is 2.00. The molecule has 1 N–H and O–H groups in total. The molecule has 0 aromatic heterocycles. The first-order valence-electron chi connectivity index (χ1n) is 4.76. The number of benzene rings is 1. The Kier molecular flexibility index (Phi) is 2.25. The van der Waals surface area contributed by atoms with Gasteiger partial charge in [0.2, 0.25) is 0 Å². The molecule has 1 heterocycles. The zero-order valence-electron chi connectivity index (χ0n) is 8.04. The molecule has 3 nitrogen and oxygen atoms in total. The number of carbonyl (C=O) groups excluding carboxylic acids is 1. The topological polar surface area (TPSA) is 52.2 Å². The van der Waals surface area contributed by atoms with Crippen molar-refractivity contribution in [2.45, 2.75) is 19.4 Å². The number of fused-ring (bicyclic) bond motifs is 1. The maximum atomic E-state index is 10.8. The lowest BCUT2D eigenvalue weighted by molar-refractivity contribution is -0.255. The summed E-state index contributed by atoms with van der Waals surface area (Å²) >= 11 is 0. The van der Waals surface area contributed by atoms with E-state index in [1.54, 1.807) is 12.1 Å². The molecule has 1 atom stereocenters. The monoisotopic (exact) mass is 190 g/mol. The number of rotatable bonds is 1. The molecule has 1 aliphatic rings. The zero-order valence-corrected chi connectivity index (χ0v) is 8.04. The Morgan fingerprint density at radius 3 is 3.07 bits per heavy atom. The molecule has 3 heteroatoms. The van der Waals surface area contributed by atoms with Crippen molar-refractivity contribution >= 4 is 5.97 Å². The maximum absolute atomic E-state index is 10.8.